The number of carboxylic acid groups (broad SMARTS) is 1. The zero-order chi connectivity index (χ0) is 13.7. The van der Waals surface area contributed by atoms with Crippen molar-refractivity contribution in [2.75, 3.05) is 0 Å². The Morgan fingerprint density at radius 1 is 1.00 bits per heavy atom. The summed E-state index contributed by atoms with van der Waals surface area (Å²) in [5.41, 5.74) is 2.20. The van der Waals surface area contributed by atoms with E-state index in [0.29, 0.717) is 13.1 Å². The van der Waals surface area contributed by atoms with Crippen molar-refractivity contribution < 1.29 is 19.0 Å². The van der Waals surface area contributed by atoms with E-state index in [0.717, 1.165) is 11.1 Å². The highest BCUT2D eigenvalue weighted by molar-refractivity contribution is 5.66. The third-order valence-corrected chi connectivity index (χ3v) is 2.91. The highest BCUT2D eigenvalue weighted by Gasteiger charge is 2.06. The lowest BCUT2D eigenvalue weighted by Gasteiger charge is -2.00. The van der Waals surface area contributed by atoms with E-state index in [4.69, 9.17) is 12.0 Å². The van der Waals surface area contributed by atoms with Crippen LogP contribution in [0.5, 0.6) is 0 Å². The molecule has 2 rings (SSSR count). The first-order chi connectivity index (χ1) is 9.19. The van der Waals surface area contributed by atoms with E-state index in [1.165, 1.54) is 0 Å². The van der Waals surface area contributed by atoms with Gasteiger partial charge in [0.1, 0.15) is 6.42 Å². The molecule has 2 aromatic heterocycles. The number of pyridine rings is 2. The average Bonchev–Trinajstić information content (AvgIpc) is 2.46. The largest absolute Gasteiger partial charge is 0.481 e. The average molecular weight is 256 g/mol. The maximum atomic E-state index is 10.5. The molecule has 0 saturated heterocycles. The van der Waals surface area contributed by atoms with E-state index >= 15 is 0 Å². The van der Waals surface area contributed by atoms with Gasteiger partial charge in [-0.25, -0.2) is 9.13 Å². The number of hydrogen-bond acceptors (Lipinski definition) is 1. The summed E-state index contributed by atoms with van der Waals surface area (Å²) >= 11 is 0. The minimum absolute atomic E-state index is 0.131. The van der Waals surface area contributed by atoms with Gasteiger partial charge >= 0.3 is 5.97 Å². The van der Waals surface area contributed by atoms with Gasteiger partial charge in [-0.3, -0.25) is 4.79 Å². The summed E-state index contributed by atoms with van der Waals surface area (Å²) in [6, 6.07) is 7.96. The van der Waals surface area contributed by atoms with Crippen LogP contribution in [0.3, 0.4) is 0 Å². The molecule has 0 aliphatic carbocycles. The number of carbonyl (C=O) groups is 1. The molecule has 0 aliphatic heterocycles. The van der Waals surface area contributed by atoms with Crippen LogP contribution >= 0.6 is 0 Å². The molecule has 0 saturated carbocycles. The van der Waals surface area contributed by atoms with Crippen LogP contribution < -0.4 is 9.13 Å². The lowest BCUT2D eigenvalue weighted by molar-refractivity contribution is -0.695. The van der Waals surface area contributed by atoms with Gasteiger partial charge in [0.2, 0.25) is 0 Å². The smallest absolute Gasteiger partial charge is 0.309 e. The number of hydrogen-bond donors (Lipinski definition) is 1. The molecule has 0 atom stereocenters. The van der Waals surface area contributed by atoms with Crippen molar-refractivity contribution in [1.82, 2.24) is 0 Å². The number of aliphatic carboxylic acids is 1. The van der Waals surface area contributed by atoms with Gasteiger partial charge in [-0.2, -0.15) is 0 Å². The quantitative estimate of drug-likeness (QED) is 0.815. The van der Waals surface area contributed by atoms with E-state index in [1.54, 1.807) is 0 Å². The second-order valence-corrected chi connectivity index (χ2v) is 4.25. The van der Waals surface area contributed by atoms with Gasteiger partial charge < -0.3 is 5.11 Å². The minimum atomic E-state index is -0.786. The van der Waals surface area contributed by atoms with E-state index in [2.05, 4.69) is 0 Å². The van der Waals surface area contributed by atoms with Gasteiger partial charge in [-0.1, -0.05) is 0 Å². The third kappa shape index (κ3) is 3.61. The number of carboxylic acids is 1. The van der Waals surface area contributed by atoms with Gasteiger partial charge in [0.25, 0.3) is 0 Å². The van der Waals surface area contributed by atoms with E-state index < -0.39 is 5.97 Å². The topological polar surface area (TPSA) is 45.1 Å². The second-order valence-electron chi connectivity index (χ2n) is 4.25. The molecule has 19 heavy (non-hydrogen) atoms. The summed E-state index contributed by atoms with van der Waals surface area (Å²) in [5.74, 6) is -0.786. The predicted molar refractivity (Wildman–Crippen MR) is 68.8 cm³/mol. The van der Waals surface area contributed by atoms with Crippen LogP contribution in [0.25, 0.3) is 11.1 Å². The summed E-state index contributed by atoms with van der Waals surface area (Å²) in [5, 5.41) is 8.63. The van der Waals surface area contributed by atoms with Crippen LogP contribution in [-0.4, -0.2) is 11.1 Å². The van der Waals surface area contributed by atoms with Crippen molar-refractivity contribution in [2.45, 2.75) is 19.5 Å². The van der Waals surface area contributed by atoms with Crippen LogP contribution in [0.15, 0.2) is 49.1 Å². The van der Waals surface area contributed by atoms with Crippen molar-refractivity contribution in [2.24, 2.45) is 0 Å². The Kier molecular flexibility index (Phi) is 4.23. The SMILES string of the molecule is [CH]C[n+]1ccc(-c2cc[n+](CCC(=O)O)cc2)cc1. The van der Waals surface area contributed by atoms with Crippen molar-refractivity contribution in [3.05, 3.63) is 56.0 Å². The van der Waals surface area contributed by atoms with Crippen molar-refractivity contribution >= 4 is 5.97 Å². The number of nitrogens with zero attached hydrogens (tertiary/aromatic N) is 2. The summed E-state index contributed by atoms with van der Waals surface area (Å²) < 4.78 is 3.75. The molecule has 0 fully saturated rings. The molecule has 4 heteroatoms. The molecule has 2 heterocycles. The van der Waals surface area contributed by atoms with Gasteiger partial charge in [-0.15, -0.1) is 0 Å². The summed E-state index contributed by atoms with van der Waals surface area (Å²) in [6.07, 6.45) is 7.78. The predicted octanol–water partition coefficient (Wildman–Crippen LogP) is 1.11. The van der Waals surface area contributed by atoms with Crippen molar-refractivity contribution in [3.8, 4) is 11.1 Å². The minimum Gasteiger partial charge on any atom is -0.481 e. The molecule has 2 aromatic rings. The van der Waals surface area contributed by atoms with Crippen LogP contribution in [0.2, 0.25) is 0 Å². The molecule has 0 amide bonds. The first-order valence-corrected chi connectivity index (χ1v) is 6.09. The first kappa shape index (κ1) is 13.2. The molecule has 2 radical (unpaired) electrons. The summed E-state index contributed by atoms with van der Waals surface area (Å²) in [6.45, 7) is 6.47. The molecular formula is C15H16N2O2+2. The normalized spacial score (nSPS) is 10.4. The van der Waals surface area contributed by atoms with Gasteiger partial charge in [0.05, 0.1) is 0 Å². The molecule has 0 aliphatic rings. The van der Waals surface area contributed by atoms with E-state index in [1.807, 2.05) is 58.2 Å². The fourth-order valence-electron chi connectivity index (χ4n) is 1.80. The Labute approximate surface area is 112 Å². The molecule has 4 nitrogen and oxygen atoms in total. The first-order valence-electron chi connectivity index (χ1n) is 6.09. The summed E-state index contributed by atoms with van der Waals surface area (Å²) in [4.78, 5) is 10.5. The maximum absolute atomic E-state index is 10.5. The zero-order valence-electron chi connectivity index (χ0n) is 10.6. The van der Waals surface area contributed by atoms with Gasteiger partial charge in [0.15, 0.2) is 37.9 Å². The molecule has 1 N–H and O–H groups in total. The molecule has 0 bridgehead atoms. The number of aromatic nitrogens is 2. The van der Waals surface area contributed by atoms with Crippen LogP contribution in [0, 0.1) is 6.92 Å². The molecule has 96 valence electrons. The van der Waals surface area contributed by atoms with Crippen LogP contribution in [0.4, 0.5) is 0 Å². The number of rotatable bonds is 5. The highest BCUT2D eigenvalue weighted by atomic mass is 16.4. The fraction of sp³-hybridized carbons (Fsp3) is 0.200. The Morgan fingerprint density at radius 3 is 1.89 bits per heavy atom. The second kappa shape index (κ2) is 6.09. The lowest BCUT2D eigenvalue weighted by Crippen LogP contribution is -2.33. The molecule has 0 spiro atoms. The Morgan fingerprint density at radius 2 is 1.47 bits per heavy atom. The van der Waals surface area contributed by atoms with E-state index in [-0.39, 0.29) is 6.42 Å². The molecule has 0 unspecified atom stereocenters. The Bertz CT molecular complexity index is 547. The highest BCUT2D eigenvalue weighted by Crippen LogP contribution is 2.15. The van der Waals surface area contributed by atoms with Crippen LogP contribution in [-0.2, 0) is 17.9 Å². The standard InChI is InChI=1S/C15H15N2O2/c1-2-16-8-3-13(4-9-16)14-5-10-17(11-6-14)12-7-15(18)19/h1,3-6,8-11H,2,7,12H2/q+1/p+1. The summed E-state index contributed by atoms with van der Waals surface area (Å²) in [7, 11) is 0. The monoisotopic (exact) mass is 256 g/mol. The zero-order valence-corrected chi connectivity index (χ0v) is 10.6. The Balaban J connectivity index is 2.10. The van der Waals surface area contributed by atoms with Crippen molar-refractivity contribution in [1.29, 1.82) is 0 Å². The Hall–Kier alpha value is -2.23. The molecular weight excluding hydrogens is 240 g/mol. The van der Waals surface area contributed by atoms with Gasteiger partial charge in [0, 0.05) is 31.2 Å². The van der Waals surface area contributed by atoms with E-state index in [9.17, 15) is 4.79 Å². The van der Waals surface area contributed by atoms with Crippen molar-refractivity contribution in [3.63, 3.8) is 0 Å². The maximum Gasteiger partial charge on any atom is 0.309 e. The third-order valence-electron chi connectivity index (χ3n) is 2.91. The lowest BCUT2D eigenvalue weighted by atomic mass is 10.1. The number of aryl methyl sites for hydroxylation is 1. The fourth-order valence-corrected chi connectivity index (χ4v) is 1.80. The molecule has 0 aromatic carbocycles. The van der Waals surface area contributed by atoms with Crippen LogP contribution in [0.1, 0.15) is 6.42 Å². The van der Waals surface area contributed by atoms with Gasteiger partial charge in [-0.05, 0) is 11.1 Å².